The molecule has 1 aliphatic heterocycles. The third kappa shape index (κ3) is 2.46. The van der Waals surface area contributed by atoms with Crippen LogP contribution in [0, 0.1) is 0 Å². The highest BCUT2D eigenvalue weighted by molar-refractivity contribution is 5.99. The Balaban J connectivity index is 2.16. The van der Waals surface area contributed by atoms with E-state index in [1.807, 2.05) is 24.4 Å². The number of rotatable bonds is 3. The fourth-order valence-electron chi connectivity index (χ4n) is 1.69. The normalized spacial score (nSPS) is 19.5. The summed E-state index contributed by atoms with van der Waals surface area (Å²) in [5, 5.41) is 3.19. The van der Waals surface area contributed by atoms with Gasteiger partial charge in [0.2, 0.25) is 0 Å². The fourth-order valence-corrected chi connectivity index (χ4v) is 1.69. The maximum absolute atomic E-state index is 4.66. The molecule has 1 heterocycles. The molecule has 78 valence electrons. The van der Waals surface area contributed by atoms with Gasteiger partial charge in [0.15, 0.2) is 0 Å². The molecule has 0 saturated carbocycles. The van der Waals surface area contributed by atoms with E-state index in [0.29, 0.717) is 6.04 Å². The summed E-state index contributed by atoms with van der Waals surface area (Å²) in [6.07, 6.45) is 6.40. The molecule has 1 unspecified atom stereocenters. The van der Waals surface area contributed by atoms with Crippen molar-refractivity contribution in [3.05, 3.63) is 48.2 Å². The molecule has 1 aromatic carbocycles. The lowest BCUT2D eigenvalue weighted by Gasteiger charge is -2.16. The van der Waals surface area contributed by atoms with Gasteiger partial charge in [0.25, 0.3) is 0 Å². The molecule has 0 spiro atoms. The predicted molar refractivity (Wildman–Crippen MR) is 64.0 cm³/mol. The van der Waals surface area contributed by atoms with E-state index in [1.165, 1.54) is 6.42 Å². The highest BCUT2D eigenvalue weighted by Gasteiger charge is 2.09. The molecule has 0 aliphatic carbocycles. The van der Waals surface area contributed by atoms with Crippen LogP contribution in [0.5, 0.6) is 0 Å². The minimum absolute atomic E-state index is 0.339. The van der Waals surface area contributed by atoms with E-state index in [0.717, 1.165) is 17.8 Å². The second kappa shape index (κ2) is 4.78. The third-order valence-corrected chi connectivity index (χ3v) is 2.47. The first kappa shape index (κ1) is 9.97. The van der Waals surface area contributed by atoms with E-state index in [2.05, 4.69) is 35.4 Å². The summed E-state index contributed by atoms with van der Waals surface area (Å²) in [4.78, 5) is 4.66. The Labute approximate surface area is 90.7 Å². The molecule has 1 aromatic rings. The van der Waals surface area contributed by atoms with Crippen molar-refractivity contribution < 1.29 is 0 Å². The first-order chi connectivity index (χ1) is 7.40. The van der Waals surface area contributed by atoms with Crippen molar-refractivity contribution in [3.63, 3.8) is 0 Å². The number of amidine groups is 1. The smallest absolute Gasteiger partial charge is 0.132 e. The topological polar surface area (TPSA) is 24.4 Å². The minimum atomic E-state index is 0.339. The Hall–Kier alpha value is -1.57. The molecule has 0 radical (unpaired) electrons. The highest BCUT2D eigenvalue weighted by atomic mass is 15.0. The Morgan fingerprint density at radius 3 is 2.80 bits per heavy atom. The summed E-state index contributed by atoms with van der Waals surface area (Å²) >= 11 is 0. The molecule has 1 N–H and O–H groups in total. The van der Waals surface area contributed by atoms with Crippen molar-refractivity contribution >= 4 is 5.84 Å². The lowest BCUT2D eigenvalue weighted by atomic mass is 10.1. The van der Waals surface area contributed by atoms with Crippen LogP contribution in [0.1, 0.15) is 25.3 Å². The van der Waals surface area contributed by atoms with Crippen molar-refractivity contribution in [1.82, 2.24) is 5.32 Å². The molecular formula is C13H16N2. The van der Waals surface area contributed by atoms with E-state index >= 15 is 0 Å². The zero-order chi connectivity index (χ0) is 10.5. The Morgan fingerprint density at radius 2 is 2.07 bits per heavy atom. The molecule has 1 atom stereocenters. The SMILES string of the molecule is CCCC1C=CNC(c2ccccc2)=N1. The molecule has 0 bridgehead atoms. The van der Waals surface area contributed by atoms with Gasteiger partial charge in [-0.05, 0) is 12.5 Å². The monoisotopic (exact) mass is 200 g/mol. The first-order valence-corrected chi connectivity index (χ1v) is 5.46. The van der Waals surface area contributed by atoms with Crippen molar-refractivity contribution in [2.45, 2.75) is 25.8 Å². The van der Waals surface area contributed by atoms with E-state index in [9.17, 15) is 0 Å². The van der Waals surface area contributed by atoms with Crippen molar-refractivity contribution in [3.8, 4) is 0 Å². The van der Waals surface area contributed by atoms with Gasteiger partial charge in [-0.3, -0.25) is 4.99 Å². The summed E-state index contributed by atoms with van der Waals surface area (Å²) in [5.41, 5.74) is 1.16. The summed E-state index contributed by atoms with van der Waals surface area (Å²) in [6, 6.07) is 10.6. The van der Waals surface area contributed by atoms with E-state index in [4.69, 9.17) is 0 Å². The van der Waals surface area contributed by atoms with Crippen LogP contribution in [0.15, 0.2) is 47.6 Å². The molecule has 2 rings (SSSR count). The van der Waals surface area contributed by atoms with Crippen LogP contribution in [-0.2, 0) is 0 Å². The molecule has 2 nitrogen and oxygen atoms in total. The molecule has 0 amide bonds. The average molecular weight is 200 g/mol. The lowest BCUT2D eigenvalue weighted by molar-refractivity contribution is 0.694. The van der Waals surface area contributed by atoms with Crippen LogP contribution in [-0.4, -0.2) is 11.9 Å². The number of benzene rings is 1. The third-order valence-electron chi connectivity index (χ3n) is 2.47. The largest absolute Gasteiger partial charge is 0.347 e. The molecule has 0 aromatic heterocycles. The van der Waals surface area contributed by atoms with Crippen LogP contribution < -0.4 is 5.32 Å². The highest BCUT2D eigenvalue weighted by Crippen LogP contribution is 2.10. The molecule has 2 heteroatoms. The Bertz CT molecular complexity index is 365. The second-order valence-corrected chi connectivity index (χ2v) is 3.70. The maximum Gasteiger partial charge on any atom is 0.132 e. The van der Waals surface area contributed by atoms with Gasteiger partial charge in [-0.15, -0.1) is 0 Å². The Morgan fingerprint density at radius 1 is 1.27 bits per heavy atom. The van der Waals surface area contributed by atoms with Crippen LogP contribution >= 0.6 is 0 Å². The number of hydrogen-bond acceptors (Lipinski definition) is 2. The quantitative estimate of drug-likeness (QED) is 0.797. The number of nitrogens with zero attached hydrogens (tertiary/aromatic N) is 1. The van der Waals surface area contributed by atoms with Gasteiger partial charge >= 0.3 is 0 Å². The summed E-state index contributed by atoms with van der Waals surface area (Å²) in [5.74, 6) is 0.983. The summed E-state index contributed by atoms with van der Waals surface area (Å²) < 4.78 is 0. The molecule has 15 heavy (non-hydrogen) atoms. The number of aliphatic imine (C=N–C) groups is 1. The van der Waals surface area contributed by atoms with Crippen molar-refractivity contribution in [2.24, 2.45) is 4.99 Å². The fraction of sp³-hybridized carbons (Fsp3) is 0.308. The van der Waals surface area contributed by atoms with Gasteiger partial charge in [-0.1, -0.05) is 43.7 Å². The standard InChI is InChI=1S/C13H16N2/c1-2-6-12-9-10-14-13(15-12)11-7-4-3-5-8-11/h3-5,7-10,12H,2,6H2,1H3,(H,14,15). The molecule has 0 fully saturated rings. The van der Waals surface area contributed by atoms with Crippen LogP contribution in [0.2, 0.25) is 0 Å². The van der Waals surface area contributed by atoms with E-state index in [-0.39, 0.29) is 0 Å². The number of hydrogen-bond donors (Lipinski definition) is 1. The maximum atomic E-state index is 4.66. The summed E-state index contributed by atoms with van der Waals surface area (Å²) in [7, 11) is 0. The van der Waals surface area contributed by atoms with E-state index in [1.54, 1.807) is 0 Å². The van der Waals surface area contributed by atoms with Gasteiger partial charge in [-0.25, -0.2) is 0 Å². The van der Waals surface area contributed by atoms with Crippen molar-refractivity contribution in [2.75, 3.05) is 0 Å². The zero-order valence-corrected chi connectivity index (χ0v) is 8.98. The minimum Gasteiger partial charge on any atom is -0.347 e. The van der Waals surface area contributed by atoms with Crippen LogP contribution in [0.4, 0.5) is 0 Å². The van der Waals surface area contributed by atoms with Gasteiger partial charge in [0, 0.05) is 11.8 Å². The second-order valence-electron chi connectivity index (χ2n) is 3.70. The van der Waals surface area contributed by atoms with E-state index < -0.39 is 0 Å². The molecule has 1 aliphatic rings. The van der Waals surface area contributed by atoms with Crippen LogP contribution in [0.25, 0.3) is 0 Å². The average Bonchev–Trinajstić information content (AvgIpc) is 2.31. The van der Waals surface area contributed by atoms with Crippen LogP contribution in [0.3, 0.4) is 0 Å². The van der Waals surface area contributed by atoms with Gasteiger partial charge < -0.3 is 5.32 Å². The van der Waals surface area contributed by atoms with Crippen molar-refractivity contribution in [1.29, 1.82) is 0 Å². The Kier molecular flexibility index (Phi) is 3.18. The van der Waals surface area contributed by atoms with Gasteiger partial charge in [0.05, 0.1) is 6.04 Å². The zero-order valence-electron chi connectivity index (χ0n) is 8.98. The molecule has 0 saturated heterocycles. The van der Waals surface area contributed by atoms with Gasteiger partial charge in [-0.2, -0.15) is 0 Å². The number of nitrogens with one attached hydrogen (secondary N) is 1. The molecular weight excluding hydrogens is 184 g/mol. The summed E-state index contributed by atoms with van der Waals surface area (Å²) in [6.45, 7) is 2.19. The lowest BCUT2D eigenvalue weighted by Crippen LogP contribution is -2.25. The van der Waals surface area contributed by atoms with Gasteiger partial charge in [0.1, 0.15) is 5.84 Å². The first-order valence-electron chi connectivity index (χ1n) is 5.46. The predicted octanol–water partition coefficient (Wildman–Crippen LogP) is 2.72.